The van der Waals surface area contributed by atoms with Crippen molar-refractivity contribution in [3.63, 3.8) is 0 Å². The first kappa shape index (κ1) is 21.7. The van der Waals surface area contributed by atoms with Crippen molar-refractivity contribution in [2.45, 2.75) is 57.1 Å². The average Bonchev–Trinajstić information content (AvgIpc) is 2.83. The van der Waals surface area contributed by atoms with Gasteiger partial charge in [0, 0.05) is 12.8 Å². The zero-order chi connectivity index (χ0) is 21.3. The Labute approximate surface area is 184 Å². The summed E-state index contributed by atoms with van der Waals surface area (Å²) in [6, 6.07) is 30.2. The molecule has 0 bridgehead atoms. The van der Waals surface area contributed by atoms with E-state index in [1.807, 2.05) is 78.9 Å². The minimum Gasteiger partial charge on any atom is -0.388 e. The van der Waals surface area contributed by atoms with Crippen LogP contribution in [0.15, 0.2) is 91.0 Å². The molecule has 0 unspecified atom stereocenters. The summed E-state index contributed by atoms with van der Waals surface area (Å²) in [4.78, 5) is 0. The topological polar surface area (TPSA) is 47.9 Å². The molecule has 3 aromatic carbocycles. The van der Waals surface area contributed by atoms with Crippen LogP contribution in [0.1, 0.15) is 29.5 Å². The molecule has 0 radical (unpaired) electrons. The molecule has 1 aliphatic rings. The van der Waals surface area contributed by atoms with Crippen LogP contribution in [0, 0.1) is 0 Å². The van der Waals surface area contributed by atoms with E-state index in [1.54, 1.807) is 0 Å². The van der Waals surface area contributed by atoms with Gasteiger partial charge in [0.2, 0.25) is 0 Å². The highest BCUT2D eigenvalue weighted by molar-refractivity contribution is 5.15. The van der Waals surface area contributed by atoms with Crippen molar-refractivity contribution in [3.05, 3.63) is 108 Å². The van der Waals surface area contributed by atoms with E-state index in [-0.39, 0.29) is 18.3 Å². The molecule has 0 saturated heterocycles. The lowest BCUT2D eigenvalue weighted by Crippen LogP contribution is -2.49. The number of aliphatic hydroxyl groups is 1. The van der Waals surface area contributed by atoms with E-state index in [0.29, 0.717) is 32.7 Å². The van der Waals surface area contributed by atoms with Gasteiger partial charge in [0.15, 0.2) is 0 Å². The molecule has 0 spiro atoms. The van der Waals surface area contributed by atoms with Crippen LogP contribution in [0.3, 0.4) is 0 Å². The normalized spacial score (nSPS) is 23.5. The van der Waals surface area contributed by atoms with Crippen LogP contribution < -0.4 is 0 Å². The molecule has 4 nitrogen and oxygen atoms in total. The maximum absolute atomic E-state index is 11.0. The van der Waals surface area contributed by atoms with Crippen LogP contribution in [0.5, 0.6) is 0 Å². The first-order chi connectivity index (χ1) is 15.3. The Morgan fingerprint density at radius 2 is 0.903 bits per heavy atom. The lowest BCUT2D eigenvalue weighted by Gasteiger charge is -2.38. The number of hydrogen-bond donors (Lipinski definition) is 1. The molecule has 0 amide bonds. The molecule has 0 aromatic heterocycles. The molecular weight excluding hydrogens is 388 g/mol. The van der Waals surface area contributed by atoms with Crippen molar-refractivity contribution in [3.8, 4) is 0 Å². The maximum atomic E-state index is 11.0. The first-order valence-corrected chi connectivity index (χ1v) is 10.9. The summed E-state index contributed by atoms with van der Waals surface area (Å²) in [5.74, 6) is 0. The monoisotopic (exact) mass is 418 g/mol. The van der Waals surface area contributed by atoms with E-state index in [2.05, 4.69) is 12.1 Å². The van der Waals surface area contributed by atoms with Crippen LogP contribution in [0.25, 0.3) is 0 Å². The summed E-state index contributed by atoms with van der Waals surface area (Å²) in [6.45, 7) is 1.46. The predicted octanol–water partition coefficient (Wildman–Crippen LogP) is 4.90. The van der Waals surface area contributed by atoms with Gasteiger partial charge in [-0.3, -0.25) is 0 Å². The Hall–Kier alpha value is -2.50. The Bertz CT molecular complexity index is 831. The van der Waals surface area contributed by atoms with Crippen LogP contribution in [-0.2, 0) is 34.0 Å². The van der Waals surface area contributed by atoms with E-state index in [9.17, 15) is 5.11 Å². The fraction of sp³-hybridized carbons (Fsp3) is 0.333. The van der Waals surface area contributed by atoms with Gasteiger partial charge in [0.25, 0.3) is 0 Å². The van der Waals surface area contributed by atoms with Crippen molar-refractivity contribution in [2.24, 2.45) is 0 Å². The van der Waals surface area contributed by atoms with E-state index in [4.69, 9.17) is 14.2 Å². The van der Waals surface area contributed by atoms with Gasteiger partial charge in [-0.1, -0.05) is 91.0 Å². The number of ether oxygens (including phenoxy) is 3. The summed E-state index contributed by atoms with van der Waals surface area (Å²) in [5.41, 5.74) is 3.31. The van der Waals surface area contributed by atoms with Crippen molar-refractivity contribution >= 4 is 0 Å². The van der Waals surface area contributed by atoms with Crippen LogP contribution in [0.2, 0.25) is 0 Å². The standard InChI is InChI=1S/C27H30O4/c28-27-25(30-19-22-12-6-2-7-13-22)16-24(29-18-21-10-4-1-5-11-21)17-26(27)31-20-23-14-8-3-9-15-23/h1-15,24-28H,16-20H2/t24?,25-,26-,27?/m1/s1. The molecule has 0 aliphatic heterocycles. The number of hydrogen-bond acceptors (Lipinski definition) is 4. The highest BCUT2D eigenvalue weighted by Gasteiger charge is 2.38. The summed E-state index contributed by atoms with van der Waals surface area (Å²) in [6.07, 6.45) is -0.113. The summed E-state index contributed by atoms with van der Waals surface area (Å²) in [5, 5.41) is 11.0. The summed E-state index contributed by atoms with van der Waals surface area (Å²) >= 11 is 0. The van der Waals surface area contributed by atoms with Gasteiger partial charge >= 0.3 is 0 Å². The molecule has 1 fully saturated rings. The minimum atomic E-state index is -0.691. The quantitative estimate of drug-likeness (QED) is 0.537. The summed E-state index contributed by atoms with van der Waals surface area (Å²) < 4.78 is 18.5. The SMILES string of the molecule is OC1[C@H](OCc2ccccc2)CC(OCc2ccccc2)C[C@H]1OCc1ccccc1. The third-order valence-electron chi connectivity index (χ3n) is 5.69. The minimum absolute atomic E-state index is 0.0369. The number of rotatable bonds is 9. The molecule has 1 saturated carbocycles. The first-order valence-electron chi connectivity index (χ1n) is 10.9. The molecule has 1 N–H and O–H groups in total. The molecule has 4 rings (SSSR count). The molecule has 31 heavy (non-hydrogen) atoms. The Morgan fingerprint density at radius 1 is 0.548 bits per heavy atom. The van der Waals surface area contributed by atoms with Crippen LogP contribution in [0.4, 0.5) is 0 Å². The third kappa shape index (κ3) is 6.49. The van der Waals surface area contributed by atoms with Crippen molar-refractivity contribution in [2.75, 3.05) is 0 Å². The van der Waals surface area contributed by atoms with Crippen LogP contribution in [-0.4, -0.2) is 29.5 Å². The second-order valence-corrected chi connectivity index (χ2v) is 8.05. The highest BCUT2D eigenvalue weighted by atomic mass is 16.5. The van der Waals surface area contributed by atoms with Crippen molar-refractivity contribution in [1.29, 1.82) is 0 Å². The predicted molar refractivity (Wildman–Crippen MR) is 120 cm³/mol. The van der Waals surface area contributed by atoms with Gasteiger partial charge in [0.05, 0.1) is 38.1 Å². The fourth-order valence-corrected chi connectivity index (χ4v) is 3.95. The largest absolute Gasteiger partial charge is 0.388 e. The zero-order valence-corrected chi connectivity index (χ0v) is 17.7. The van der Waals surface area contributed by atoms with Crippen molar-refractivity contribution < 1.29 is 19.3 Å². The second-order valence-electron chi connectivity index (χ2n) is 8.05. The molecule has 1 aliphatic carbocycles. The van der Waals surface area contributed by atoms with E-state index in [0.717, 1.165) is 16.7 Å². The summed E-state index contributed by atoms with van der Waals surface area (Å²) in [7, 11) is 0. The molecule has 4 heteroatoms. The fourth-order valence-electron chi connectivity index (χ4n) is 3.95. The van der Waals surface area contributed by atoms with Gasteiger partial charge in [0.1, 0.15) is 6.10 Å². The van der Waals surface area contributed by atoms with Gasteiger partial charge in [-0.25, -0.2) is 0 Å². The van der Waals surface area contributed by atoms with Gasteiger partial charge in [-0.15, -0.1) is 0 Å². The molecule has 3 aromatic rings. The Balaban J connectivity index is 1.39. The zero-order valence-electron chi connectivity index (χ0n) is 17.7. The van der Waals surface area contributed by atoms with Gasteiger partial charge in [-0.05, 0) is 16.7 Å². The smallest absolute Gasteiger partial charge is 0.106 e. The van der Waals surface area contributed by atoms with E-state index in [1.165, 1.54) is 0 Å². The maximum Gasteiger partial charge on any atom is 0.106 e. The number of aliphatic hydroxyl groups excluding tert-OH is 1. The lowest BCUT2D eigenvalue weighted by atomic mass is 9.89. The molecule has 162 valence electrons. The van der Waals surface area contributed by atoms with Crippen LogP contribution >= 0.6 is 0 Å². The Kier molecular flexibility index (Phi) is 7.86. The van der Waals surface area contributed by atoms with E-state index < -0.39 is 6.10 Å². The van der Waals surface area contributed by atoms with Crippen molar-refractivity contribution in [1.82, 2.24) is 0 Å². The van der Waals surface area contributed by atoms with Gasteiger partial charge < -0.3 is 19.3 Å². The highest BCUT2D eigenvalue weighted by Crippen LogP contribution is 2.29. The van der Waals surface area contributed by atoms with Gasteiger partial charge in [-0.2, -0.15) is 0 Å². The molecule has 2 atom stereocenters. The third-order valence-corrected chi connectivity index (χ3v) is 5.69. The molecule has 0 heterocycles. The number of benzene rings is 3. The second kappa shape index (κ2) is 11.2. The lowest BCUT2D eigenvalue weighted by molar-refractivity contribution is -0.175. The average molecular weight is 419 g/mol. The Morgan fingerprint density at radius 3 is 1.29 bits per heavy atom. The molecular formula is C27H30O4. The van der Waals surface area contributed by atoms with E-state index >= 15 is 0 Å².